The molecule has 1 aliphatic rings. The summed E-state index contributed by atoms with van der Waals surface area (Å²) in [6, 6.07) is 7.70. The summed E-state index contributed by atoms with van der Waals surface area (Å²) in [5.74, 6) is 0.189. The van der Waals surface area contributed by atoms with Gasteiger partial charge in [0.15, 0.2) is 6.61 Å². The van der Waals surface area contributed by atoms with Gasteiger partial charge in [-0.05, 0) is 24.3 Å². The second-order valence-corrected chi connectivity index (χ2v) is 6.55. The van der Waals surface area contributed by atoms with Gasteiger partial charge < -0.3 is 9.64 Å². The number of fused-ring (bicyclic) bond motifs is 1. The Morgan fingerprint density at radius 2 is 1.86 bits per heavy atom. The van der Waals surface area contributed by atoms with Crippen molar-refractivity contribution in [3.63, 3.8) is 0 Å². The molecule has 1 aliphatic heterocycles. The van der Waals surface area contributed by atoms with E-state index in [2.05, 4.69) is 29.7 Å². The van der Waals surface area contributed by atoms with Gasteiger partial charge in [0, 0.05) is 44.6 Å². The van der Waals surface area contributed by atoms with Gasteiger partial charge in [-0.25, -0.2) is 28.7 Å². The summed E-state index contributed by atoms with van der Waals surface area (Å²) >= 11 is 0. The third kappa shape index (κ3) is 4.30. The molecule has 3 aromatic rings. The highest BCUT2D eigenvalue weighted by Crippen LogP contribution is 2.27. The highest BCUT2D eigenvalue weighted by molar-refractivity contribution is 5.86. The quantitative estimate of drug-likeness (QED) is 0.644. The molecule has 3 heterocycles. The number of ether oxygens (including phenoxy) is 1. The van der Waals surface area contributed by atoms with Crippen LogP contribution in [0.25, 0.3) is 10.9 Å². The normalized spacial score (nSPS) is 15.3. The first-order valence-corrected chi connectivity index (χ1v) is 9.07. The second kappa shape index (κ2) is 8.39. The van der Waals surface area contributed by atoms with Gasteiger partial charge in [0.1, 0.15) is 12.7 Å². The highest BCUT2D eigenvalue weighted by atomic mass is 19.3. The van der Waals surface area contributed by atoms with Crippen molar-refractivity contribution in [3.05, 3.63) is 48.8 Å². The molecule has 7 nitrogen and oxygen atoms in total. The Kier molecular flexibility index (Phi) is 5.52. The monoisotopic (exact) mass is 386 g/mol. The Bertz CT molecular complexity index is 919. The van der Waals surface area contributed by atoms with Crippen LogP contribution in [0.2, 0.25) is 0 Å². The lowest BCUT2D eigenvalue weighted by Gasteiger charge is -2.36. The summed E-state index contributed by atoms with van der Waals surface area (Å²) in [4.78, 5) is 21.0. The van der Waals surface area contributed by atoms with E-state index in [-0.39, 0.29) is 5.88 Å². The fraction of sp³-hybridized carbons (Fsp3) is 0.368. The van der Waals surface area contributed by atoms with E-state index in [1.54, 1.807) is 12.5 Å². The molecule has 0 spiro atoms. The number of alkyl halides is 2. The predicted octanol–water partition coefficient (Wildman–Crippen LogP) is 2.39. The molecule has 0 saturated carbocycles. The van der Waals surface area contributed by atoms with Gasteiger partial charge in [-0.1, -0.05) is 0 Å². The number of piperazine rings is 1. The van der Waals surface area contributed by atoms with Crippen LogP contribution < -0.4 is 9.64 Å². The first-order valence-electron chi connectivity index (χ1n) is 9.07. The lowest BCUT2D eigenvalue weighted by atomic mass is 10.2. The lowest BCUT2D eigenvalue weighted by Crippen LogP contribution is -2.46. The van der Waals surface area contributed by atoms with Gasteiger partial charge >= 0.3 is 0 Å². The number of hydrogen-bond donors (Lipinski definition) is 0. The van der Waals surface area contributed by atoms with Gasteiger partial charge in [-0.2, -0.15) is 0 Å². The van der Waals surface area contributed by atoms with Crippen LogP contribution in [0, 0.1) is 0 Å². The highest BCUT2D eigenvalue weighted by Gasteiger charge is 2.19. The molecule has 0 bridgehead atoms. The Morgan fingerprint density at radius 1 is 1.00 bits per heavy atom. The van der Waals surface area contributed by atoms with Crippen LogP contribution in [-0.2, 0) is 6.54 Å². The van der Waals surface area contributed by atoms with Crippen molar-refractivity contribution in [2.24, 2.45) is 0 Å². The fourth-order valence-electron chi connectivity index (χ4n) is 3.28. The van der Waals surface area contributed by atoms with Crippen molar-refractivity contribution in [1.82, 2.24) is 24.8 Å². The molecule has 0 aliphatic carbocycles. The van der Waals surface area contributed by atoms with Gasteiger partial charge in [-0.3, -0.25) is 4.90 Å². The molecular weight excluding hydrogens is 366 g/mol. The van der Waals surface area contributed by atoms with E-state index >= 15 is 0 Å². The van der Waals surface area contributed by atoms with E-state index in [1.165, 1.54) is 6.33 Å². The third-order valence-electron chi connectivity index (χ3n) is 4.69. The zero-order valence-electron chi connectivity index (χ0n) is 15.2. The molecular formula is C19H20F2N6O. The molecule has 146 valence electrons. The Balaban J connectivity index is 1.45. The molecule has 0 atom stereocenters. The molecule has 1 aromatic carbocycles. The maximum absolute atomic E-state index is 12.5. The summed E-state index contributed by atoms with van der Waals surface area (Å²) in [6.07, 6.45) is 2.10. The summed E-state index contributed by atoms with van der Waals surface area (Å²) in [6.45, 7) is 3.64. The van der Waals surface area contributed by atoms with Crippen LogP contribution in [0.5, 0.6) is 5.88 Å². The topological polar surface area (TPSA) is 67.3 Å². The van der Waals surface area contributed by atoms with Gasteiger partial charge in [0.2, 0.25) is 5.88 Å². The number of halogens is 2. The number of aromatic nitrogens is 4. The van der Waals surface area contributed by atoms with Crippen molar-refractivity contribution >= 4 is 16.6 Å². The molecule has 1 fully saturated rings. The molecule has 0 amide bonds. The summed E-state index contributed by atoms with van der Waals surface area (Å²) in [5.41, 5.74) is 2.68. The number of nitrogens with zero attached hydrogens (tertiary/aromatic N) is 6. The van der Waals surface area contributed by atoms with Crippen molar-refractivity contribution in [3.8, 4) is 5.88 Å². The molecule has 0 radical (unpaired) electrons. The molecule has 9 heteroatoms. The number of benzene rings is 1. The molecule has 1 saturated heterocycles. The van der Waals surface area contributed by atoms with Crippen molar-refractivity contribution in [2.45, 2.75) is 13.0 Å². The maximum atomic E-state index is 12.5. The van der Waals surface area contributed by atoms with Crippen molar-refractivity contribution in [2.75, 3.05) is 37.7 Å². The fourth-order valence-corrected chi connectivity index (χ4v) is 3.28. The first kappa shape index (κ1) is 18.4. The average molecular weight is 386 g/mol. The number of rotatable bonds is 6. The lowest BCUT2D eigenvalue weighted by molar-refractivity contribution is 0.0804. The maximum Gasteiger partial charge on any atom is 0.272 e. The van der Waals surface area contributed by atoms with Crippen LogP contribution in [0.4, 0.5) is 14.5 Å². The van der Waals surface area contributed by atoms with E-state index in [1.807, 2.05) is 24.3 Å². The van der Waals surface area contributed by atoms with Crippen LogP contribution in [-0.4, -0.2) is 64.0 Å². The van der Waals surface area contributed by atoms with E-state index in [9.17, 15) is 8.78 Å². The molecule has 28 heavy (non-hydrogen) atoms. The predicted molar refractivity (Wildman–Crippen MR) is 101 cm³/mol. The molecule has 0 unspecified atom stereocenters. The SMILES string of the molecule is FC(F)COc1ncnc2ccc(N3CCN(Cc4ccncn4)CC3)cc12. The van der Waals surface area contributed by atoms with Crippen molar-refractivity contribution < 1.29 is 13.5 Å². The van der Waals surface area contributed by atoms with E-state index < -0.39 is 13.0 Å². The zero-order chi connectivity index (χ0) is 19.3. The summed E-state index contributed by atoms with van der Waals surface area (Å²) < 4.78 is 30.2. The number of anilines is 1. The standard InChI is InChI=1S/C19H20F2N6O/c20-18(21)11-28-19-16-9-15(1-2-17(16)24-13-25-19)27-7-5-26(6-8-27)10-14-3-4-22-12-23-14/h1-4,9,12-13,18H,5-8,10-11H2. The molecule has 0 N–H and O–H groups in total. The zero-order valence-corrected chi connectivity index (χ0v) is 15.2. The van der Waals surface area contributed by atoms with Crippen LogP contribution in [0.1, 0.15) is 5.69 Å². The molecule has 4 rings (SSSR count). The van der Waals surface area contributed by atoms with Crippen LogP contribution >= 0.6 is 0 Å². The Labute approximate surface area is 161 Å². The van der Waals surface area contributed by atoms with Gasteiger partial charge in [-0.15, -0.1) is 0 Å². The third-order valence-corrected chi connectivity index (χ3v) is 4.69. The Hall–Kier alpha value is -2.94. The van der Waals surface area contributed by atoms with Gasteiger partial charge in [0.25, 0.3) is 6.43 Å². The van der Waals surface area contributed by atoms with Crippen LogP contribution in [0.15, 0.2) is 43.1 Å². The second-order valence-electron chi connectivity index (χ2n) is 6.55. The van der Waals surface area contributed by atoms with Crippen LogP contribution in [0.3, 0.4) is 0 Å². The minimum Gasteiger partial charge on any atom is -0.471 e. The average Bonchev–Trinajstić information content (AvgIpc) is 2.73. The van der Waals surface area contributed by atoms with E-state index in [0.717, 1.165) is 44.1 Å². The Morgan fingerprint density at radius 3 is 2.61 bits per heavy atom. The van der Waals surface area contributed by atoms with Gasteiger partial charge in [0.05, 0.1) is 16.6 Å². The summed E-state index contributed by atoms with van der Waals surface area (Å²) in [7, 11) is 0. The minimum absolute atomic E-state index is 0.189. The van der Waals surface area contributed by atoms with Crippen molar-refractivity contribution in [1.29, 1.82) is 0 Å². The largest absolute Gasteiger partial charge is 0.471 e. The minimum atomic E-state index is -2.55. The molecule has 2 aromatic heterocycles. The first-order chi connectivity index (χ1) is 13.7. The summed E-state index contributed by atoms with van der Waals surface area (Å²) in [5, 5.41) is 0.643. The van der Waals surface area contributed by atoms with E-state index in [0.29, 0.717) is 10.9 Å². The van der Waals surface area contributed by atoms with E-state index in [4.69, 9.17) is 4.74 Å². The number of hydrogen-bond acceptors (Lipinski definition) is 7. The smallest absolute Gasteiger partial charge is 0.272 e.